The lowest BCUT2D eigenvalue weighted by Crippen LogP contribution is -1.87. The molecule has 14 heavy (non-hydrogen) atoms. The molecule has 5 heteroatoms. The van der Waals surface area contributed by atoms with Crippen LogP contribution in [-0.2, 0) is 6.42 Å². The highest BCUT2D eigenvalue weighted by Gasteiger charge is 2.04. The minimum Gasteiger partial charge on any atom is -0.508 e. The second kappa shape index (κ2) is 3.79. The predicted octanol–water partition coefficient (Wildman–Crippen LogP) is 2.13. The highest BCUT2D eigenvalue weighted by atomic mass is 79.9. The number of phenols is 1. The van der Waals surface area contributed by atoms with E-state index < -0.39 is 0 Å². The van der Waals surface area contributed by atoms with Crippen LogP contribution in [0.5, 0.6) is 5.75 Å². The molecular weight excluding hydrogens is 248 g/mol. The second-order valence-corrected chi connectivity index (χ2v) is 3.51. The maximum atomic E-state index is 9.07. The van der Waals surface area contributed by atoms with Crippen LogP contribution in [0.25, 0.3) is 0 Å². The first-order chi connectivity index (χ1) is 6.74. The molecule has 0 spiro atoms. The molecule has 0 atom stereocenters. The van der Waals surface area contributed by atoms with E-state index in [4.69, 9.17) is 9.63 Å². The summed E-state index contributed by atoms with van der Waals surface area (Å²) in [7, 11) is 0. The smallest absolute Gasteiger partial charge is 0.238 e. The number of benzene rings is 1. The number of hydrogen-bond donors (Lipinski definition) is 1. The van der Waals surface area contributed by atoms with Gasteiger partial charge in [-0.1, -0.05) is 12.1 Å². The minimum absolute atomic E-state index is 0.250. The van der Waals surface area contributed by atoms with Gasteiger partial charge in [-0.15, -0.1) is 0 Å². The van der Waals surface area contributed by atoms with Crippen LogP contribution in [0, 0.1) is 0 Å². The minimum atomic E-state index is 0.250. The zero-order valence-electron chi connectivity index (χ0n) is 7.14. The maximum absolute atomic E-state index is 9.07. The Balaban J connectivity index is 2.15. The third-order valence-electron chi connectivity index (χ3n) is 1.73. The van der Waals surface area contributed by atoms with E-state index in [0.29, 0.717) is 17.0 Å². The van der Waals surface area contributed by atoms with Crippen molar-refractivity contribution in [1.29, 1.82) is 0 Å². The molecule has 0 unspecified atom stereocenters. The van der Waals surface area contributed by atoms with Gasteiger partial charge in [0.2, 0.25) is 10.6 Å². The van der Waals surface area contributed by atoms with Crippen LogP contribution in [0.2, 0.25) is 0 Å². The fourth-order valence-corrected chi connectivity index (χ4v) is 1.36. The summed E-state index contributed by atoms with van der Waals surface area (Å²) in [4.78, 5) is 4.00. The summed E-state index contributed by atoms with van der Waals surface area (Å²) in [5.74, 6) is 0.794. The lowest BCUT2D eigenvalue weighted by atomic mass is 10.1. The molecule has 0 aliphatic carbocycles. The molecule has 0 aliphatic heterocycles. The number of aromatic hydroxyl groups is 1. The zero-order chi connectivity index (χ0) is 9.97. The van der Waals surface area contributed by atoms with Crippen molar-refractivity contribution in [3.8, 4) is 5.75 Å². The number of aromatic nitrogens is 2. The molecule has 1 N–H and O–H groups in total. The van der Waals surface area contributed by atoms with E-state index in [1.54, 1.807) is 12.1 Å². The third-order valence-corrected chi connectivity index (χ3v) is 2.06. The van der Waals surface area contributed by atoms with Gasteiger partial charge in [0.05, 0.1) is 6.42 Å². The predicted molar refractivity (Wildman–Crippen MR) is 52.9 cm³/mol. The van der Waals surface area contributed by atoms with E-state index >= 15 is 0 Å². The molecule has 0 radical (unpaired) electrons. The van der Waals surface area contributed by atoms with E-state index in [-0.39, 0.29) is 5.75 Å². The van der Waals surface area contributed by atoms with Gasteiger partial charge in [0.15, 0.2) is 0 Å². The lowest BCUT2D eigenvalue weighted by Gasteiger charge is -1.96. The van der Waals surface area contributed by atoms with Gasteiger partial charge >= 0.3 is 0 Å². The molecule has 0 saturated heterocycles. The molecule has 1 heterocycles. The van der Waals surface area contributed by atoms with E-state index in [2.05, 4.69) is 26.1 Å². The number of nitrogens with zero attached hydrogens (tertiary/aromatic N) is 2. The van der Waals surface area contributed by atoms with Crippen LogP contribution in [0.3, 0.4) is 0 Å². The standard InChI is InChI=1S/C9H7BrN2O2/c10-9-11-8(14-12-9)5-6-1-3-7(13)4-2-6/h1-4,13H,5H2. The molecule has 1 aromatic heterocycles. The summed E-state index contributed by atoms with van der Waals surface area (Å²) in [6, 6.07) is 6.88. The highest BCUT2D eigenvalue weighted by molar-refractivity contribution is 9.10. The Hall–Kier alpha value is -1.36. The molecule has 0 aliphatic rings. The molecule has 0 amide bonds. The van der Waals surface area contributed by atoms with Crippen molar-refractivity contribution in [2.75, 3.05) is 0 Å². The molecule has 2 rings (SSSR count). The Labute approximate surface area is 88.7 Å². The number of halogens is 1. The van der Waals surface area contributed by atoms with Crippen molar-refractivity contribution in [2.45, 2.75) is 6.42 Å². The monoisotopic (exact) mass is 254 g/mol. The molecule has 1 aromatic carbocycles. The van der Waals surface area contributed by atoms with Crippen molar-refractivity contribution in [2.24, 2.45) is 0 Å². The van der Waals surface area contributed by atoms with E-state index in [1.165, 1.54) is 0 Å². The van der Waals surface area contributed by atoms with Crippen molar-refractivity contribution < 1.29 is 9.63 Å². The van der Waals surface area contributed by atoms with Crippen LogP contribution in [0.1, 0.15) is 11.5 Å². The molecule has 72 valence electrons. The first kappa shape index (κ1) is 9.21. The maximum Gasteiger partial charge on any atom is 0.238 e. The van der Waals surface area contributed by atoms with Crippen molar-refractivity contribution in [3.05, 3.63) is 40.5 Å². The number of rotatable bonds is 2. The van der Waals surface area contributed by atoms with Gasteiger partial charge < -0.3 is 9.63 Å². The van der Waals surface area contributed by atoms with Crippen molar-refractivity contribution >= 4 is 15.9 Å². The van der Waals surface area contributed by atoms with Crippen molar-refractivity contribution in [3.63, 3.8) is 0 Å². The zero-order valence-corrected chi connectivity index (χ0v) is 8.73. The molecule has 0 fully saturated rings. The van der Waals surface area contributed by atoms with E-state index in [9.17, 15) is 0 Å². The van der Waals surface area contributed by atoms with Gasteiger partial charge in [0, 0.05) is 0 Å². The van der Waals surface area contributed by atoms with Gasteiger partial charge in [0.25, 0.3) is 0 Å². The van der Waals surface area contributed by atoms with Crippen LogP contribution >= 0.6 is 15.9 Å². The van der Waals surface area contributed by atoms with Crippen LogP contribution in [0.4, 0.5) is 0 Å². The lowest BCUT2D eigenvalue weighted by molar-refractivity contribution is 0.381. The van der Waals surface area contributed by atoms with E-state index in [1.807, 2.05) is 12.1 Å². The molecular formula is C9H7BrN2O2. The molecule has 0 saturated carbocycles. The van der Waals surface area contributed by atoms with Gasteiger partial charge in [-0.2, -0.15) is 4.98 Å². The Morgan fingerprint density at radius 2 is 2.00 bits per heavy atom. The van der Waals surface area contributed by atoms with Crippen LogP contribution in [-0.4, -0.2) is 15.2 Å². The quantitative estimate of drug-likeness (QED) is 0.892. The van der Waals surface area contributed by atoms with Gasteiger partial charge in [0.1, 0.15) is 5.75 Å². The summed E-state index contributed by atoms with van der Waals surface area (Å²) >= 11 is 3.10. The first-order valence-electron chi connectivity index (χ1n) is 4.00. The SMILES string of the molecule is Oc1ccc(Cc2nc(Br)no2)cc1. The topological polar surface area (TPSA) is 59.2 Å². The Bertz CT molecular complexity index is 425. The summed E-state index contributed by atoms with van der Waals surface area (Å²) in [6.45, 7) is 0. The van der Waals surface area contributed by atoms with Crippen LogP contribution < -0.4 is 0 Å². The largest absolute Gasteiger partial charge is 0.508 e. The summed E-state index contributed by atoms with van der Waals surface area (Å²) in [6.07, 6.45) is 0.568. The van der Waals surface area contributed by atoms with E-state index in [0.717, 1.165) is 5.56 Å². The number of phenolic OH excluding ortho intramolecular Hbond substituents is 1. The first-order valence-corrected chi connectivity index (χ1v) is 4.79. The third kappa shape index (κ3) is 2.11. The average Bonchev–Trinajstić information content (AvgIpc) is 2.56. The summed E-state index contributed by atoms with van der Waals surface area (Å²) < 4.78 is 5.38. The molecule has 2 aromatic rings. The number of hydrogen-bond acceptors (Lipinski definition) is 4. The highest BCUT2D eigenvalue weighted by Crippen LogP contribution is 2.13. The van der Waals surface area contributed by atoms with Gasteiger partial charge in [-0.25, -0.2) is 0 Å². The average molecular weight is 255 g/mol. The fraction of sp³-hybridized carbons (Fsp3) is 0.111. The normalized spacial score (nSPS) is 10.4. The fourth-order valence-electron chi connectivity index (χ4n) is 1.09. The summed E-state index contributed by atoms with van der Waals surface area (Å²) in [5, 5.41) is 12.7. The molecule has 4 nitrogen and oxygen atoms in total. The van der Waals surface area contributed by atoms with Crippen molar-refractivity contribution in [1.82, 2.24) is 10.1 Å². The van der Waals surface area contributed by atoms with Gasteiger partial charge in [-0.3, -0.25) is 0 Å². The Morgan fingerprint density at radius 1 is 1.29 bits per heavy atom. The van der Waals surface area contributed by atoms with Gasteiger partial charge in [-0.05, 0) is 38.8 Å². The Kier molecular flexibility index (Phi) is 2.49. The summed E-state index contributed by atoms with van der Waals surface area (Å²) in [5.41, 5.74) is 1.01. The Morgan fingerprint density at radius 3 is 2.57 bits per heavy atom. The molecule has 0 bridgehead atoms. The second-order valence-electron chi connectivity index (χ2n) is 2.80. The van der Waals surface area contributed by atoms with Crippen LogP contribution in [0.15, 0.2) is 33.5 Å².